The molecule has 3 N–H and O–H groups in total. The summed E-state index contributed by atoms with van der Waals surface area (Å²) in [4.78, 5) is 11.4. The molecule has 1 aliphatic heterocycles. The maximum atomic E-state index is 11.9. The Bertz CT molecular complexity index is 851. The van der Waals surface area contributed by atoms with E-state index in [0.29, 0.717) is 18.7 Å². The first-order valence-electron chi connectivity index (χ1n) is 9.36. The number of morpholine rings is 1. The molecule has 0 saturated carbocycles. The van der Waals surface area contributed by atoms with Crippen LogP contribution in [0.15, 0.2) is 48.5 Å². The third kappa shape index (κ3) is 5.19. The van der Waals surface area contributed by atoms with Gasteiger partial charge in [-0.2, -0.15) is 0 Å². The highest BCUT2D eigenvalue weighted by Gasteiger charge is 2.48. The number of methoxy groups -OCH3 is 1. The Hall–Kier alpha value is -2.31. The lowest BCUT2D eigenvalue weighted by molar-refractivity contribution is -0.0845. The summed E-state index contributed by atoms with van der Waals surface area (Å²) >= 11 is 0. The lowest BCUT2D eigenvalue weighted by atomic mass is 9.98. The highest BCUT2D eigenvalue weighted by atomic mass is 31.1. The van der Waals surface area contributed by atoms with Crippen molar-refractivity contribution in [3.8, 4) is 5.75 Å². The van der Waals surface area contributed by atoms with Crippen molar-refractivity contribution in [1.82, 2.24) is 5.32 Å². The summed E-state index contributed by atoms with van der Waals surface area (Å²) in [6.07, 6.45) is 0.0511. The lowest BCUT2D eigenvalue weighted by Crippen LogP contribution is -2.55. The minimum absolute atomic E-state index is 0.0908. The third-order valence-corrected chi connectivity index (χ3v) is 6.00. The Morgan fingerprint density at radius 1 is 1.28 bits per heavy atom. The van der Waals surface area contributed by atoms with Crippen LogP contribution in [0.4, 0.5) is 0 Å². The zero-order chi connectivity index (χ0) is 20.9. The van der Waals surface area contributed by atoms with Crippen molar-refractivity contribution < 1.29 is 29.0 Å². The minimum atomic E-state index is -1.51. The summed E-state index contributed by atoms with van der Waals surface area (Å²) in [6, 6.07) is 14.0. The van der Waals surface area contributed by atoms with E-state index < -0.39 is 25.9 Å². The van der Waals surface area contributed by atoms with Gasteiger partial charge in [0.05, 0.1) is 25.7 Å². The van der Waals surface area contributed by atoms with E-state index in [9.17, 15) is 19.6 Å². The van der Waals surface area contributed by atoms with Crippen LogP contribution in [0.2, 0.25) is 0 Å². The maximum Gasteiger partial charge on any atom is 0.362 e. The lowest BCUT2D eigenvalue weighted by Gasteiger charge is -2.34. The Morgan fingerprint density at radius 3 is 2.59 bits per heavy atom. The van der Waals surface area contributed by atoms with Crippen LogP contribution in [0, 0.1) is 0 Å². The fourth-order valence-electron chi connectivity index (χ4n) is 3.50. The van der Waals surface area contributed by atoms with E-state index in [2.05, 4.69) is 5.32 Å². The van der Waals surface area contributed by atoms with Crippen molar-refractivity contribution in [2.75, 3.05) is 20.3 Å². The van der Waals surface area contributed by atoms with Gasteiger partial charge in [-0.1, -0.05) is 34.9 Å². The smallest absolute Gasteiger partial charge is 0.362 e. The van der Waals surface area contributed by atoms with E-state index >= 15 is 0 Å². The number of carbonyl (C=O) groups is 1. The molecule has 1 saturated heterocycles. The van der Waals surface area contributed by atoms with Crippen LogP contribution in [0.3, 0.4) is 0 Å². The third-order valence-electron chi connectivity index (χ3n) is 5.15. The number of carboxylic acid groups (broad SMARTS) is 1. The van der Waals surface area contributed by atoms with Gasteiger partial charge in [0.1, 0.15) is 11.9 Å². The first-order chi connectivity index (χ1) is 13.9. The molecule has 3 rings (SSSR count). The predicted molar refractivity (Wildman–Crippen MR) is 109 cm³/mol. The van der Waals surface area contributed by atoms with Gasteiger partial charge in [0.25, 0.3) is 5.34 Å². The van der Waals surface area contributed by atoms with Gasteiger partial charge < -0.3 is 25.0 Å². The van der Waals surface area contributed by atoms with Crippen molar-refractivity contribution in [1.29, 1.82) is 0 Å². The number of ether oxygens (including phenoxy) is 2. The number of rotatable bonds is 8. The van der Waals surface area contributed by atoms with Crippen molar-refractivity contribution in [2.24, 2.45) is 0 Å². The first-order valence-corrected chi connectivity index (χ1v) is 10.3. The molecule has 4 atom stereocenters. The summed E-state index contributed by atoms with van der Waals surface area (Å²) in [7, 11) is 0.628. The van der Waals surface area contributed by atoms with Crippen molar-refractivity contribution in [3.63, 3.8) is 0 Å². The van der Waals surface area contributed by atoms with Gasteiger partial charge in [0, 0.05) is 12.6 Å². The molecule has 1 heterocycles. The molecule has 7 nitrogen and oxygen atoms in total. The van der Waals surface area contributed by atoms with E-state index in [4.69, 9.17) is 9.47 Å². The second-order valence-corrected chi connectivity index (χ2v) is 8.21. The highest BCUT2D eigenvalue weighted by Crippen LogP contribution is 2.32. The van der Waals surface area contributed by atoms with Crippen LogP contribution in [-0.2, 0) is 22.1 Å². The summed E-state index contributed by atoms with van der Waals surface area (Å²) in [5.74, 6) is -0.251. The average Bonchev–Trinajstić information content (AvgIpc) is 2.75. The molecule has 1 aliphatic rings. The normalized spacial score (nSPS) is 21.4. The first kappa shape index (κ1) is 21.4. The topological polar surface area (TPSA) is 105 Å². The van der Waals surface area contributed by atoms with E-state index in [1.807, 2.05) is 12.1 Å². The van der Waals surface area contributed by atoms with E-state index in [1.54, 1.807) is 43.5 Å². The number of nitrogens with one attached hydrogen (secondary N) is 1. The number of aromatic carboxylic acids is 1. The van der Waals surface area contributed by atoms with E-state index in [1.165, 1.54) is 0 Å². The van der Waals surface area contributed by atoms with Crippen molar-refractivity contribution >= 4 is 14.4 Å². The van der Waals surface area contributed by atoms with Gasteiger partial charge in [0.2, 0.25) is 0 Å². The van der Waals surface area contributed by atoms with Crippen LogP contribution in [0.25, 0.3) is 0 Å². The molecule has 0 aliphatic carbocycles. The number of benzene rings is 2. The summed E-state index contributed by atoms with van der Waals surface area (Å²) in [5, 5.41) is 22.1. The molecule has 1 fully saturated rings. The molecule has 2 aromatic rings. The molecule has 2 unspecified atom stereocenters. The molecule has 0 bridgehead atoms. The fourth-order valence-corrected chi connectivity index (χ4v) is 4.10. The Balaban J connectivity index is 1.62. The average molecular weight is 418 g/mol. The van der Waals surface area contributed by atoms with Crippen molar-refractivity contribution in [3.05, 3.63) is 65.2 Å². The molecule has 0 amide bonds. The van der Waals surface area contributed by atoms with Crippen molar-refractivity contribution in [2.45, 2.75) is 30.3 Å². The van der Waals surface area contributed by atoms with Crippen LogP contribution in [0.1, 0.15) is 21.5 Å². The quantitative estimate of drug-likeness (QED) is 0.565. The number of hydrogen-bond donors (Lipinski definition) is 3. The van der Waals surface area contributed by atoms with Crippen LogP contribution in [-0.4, -0.2) is 53.9 Å². The molecular weight excluding hydrogens is 393 g/mol. The van der Waals surface area contributed by atoms with E-state index in [-0.39, 0.29) is 24.6 Å². The standard InChI is InChI=1S/C21H24NO6P/c1-27-17-8-6-14(7-9-17)11-21(25,29-26)19-12-22-16(13-28-19)10-15-4-2-3-5-18(15)20(23)24/h2-9,16,19,22,25H,10-13H2,1H3,(H,23,24)/p+1/t16-,19-,21?/m1/s1. The summed E-state index contributed by atoms with van der Waals surface area (Å²) in [6.45, 7) is 0.607. The largest absolute Gasteiger partial charge is 0.497 e. The monoisotopic (exact) mass is 418 g/mol. The molecule has 29 heavy (non-hydrogen) atoms. The molecule has 0 radical (unpaired) electrons. The van der Waals surface area contributed by atoms with Crippen LogP contribution < -0.4 is 10.1 Å². The molecule has 0 spiro atoms. The van der Waals surface area contributed by atoms with Crippen LogP contribution >= 0.6 is 8.46 Å². The van der Waals surface area contributed by atoms with Gasteiger partial charge >= 0.3 is 14.4 Å². The highest BCUT2D eigenvalue weighted by molar-refractivity contribution is 7.25. The second kappa shape index (κ2) is 9.46. The Kier molecular flexibility index (Phi) is 6.98. The zero-order valence-corrected chi connectivity index (χ0v) is 17.1. The van der Waals surface area contributed by atoms with E-state index in [0.717, 1.165) is 11.1 Å². The Labute approximate surface area is 170 Å². The predicted octanol–water partition coefficient (Wildman–Crippen LogP) is 2.25. The van der Waals surface area contributed by atoms with Gasteiger partial charge in [-0.05, 0) is 35.7 Å². The zero-order valence-electron chi connectivity index (χ0n) is 16.1. The SMILES string of the molecule is COc1ccc(CC(O)([PH+]=O)[C@H]2CN[C@H](Cc3ccccc3C(=O)O)CO2)cc1. The van der Waals surface area contributed by atoms with Crippen LogP contribution in [0.5, 0.6) is 5.75 Å². The van der Waals surface area contributed by atoms with Gasteiger partial charge in [-0.3, -0.25) is 0 Å². The molecule has 154 valence electrons. The number of hydrogen-bond acceptors (Lipinski definition) is 6. The molecule has 2 aromatic carbocycles. The number of carboxylic acids is 1. The second-order valence-electron chi connectivity index (χ2n) is 7.14. The van der Waals surface area contributed by atoms with Gasteiger partial charge in [0.15, 0.2) is 0 Å². The minimum Gasteiger partial charge on any atom is -0.497 e. The molecule has 8 heteroatoms. The maximum absolute atomic E-state index is 11.9. The fraction of sp³-hybridized carbons (Fsp3) is 0.381. The Morgan fingerprint density at radius 2 is 2.00 bits per heavy atom. The van der Waals surface area contributed by atoms with Gasteiger partial charge in [-0.25, -0.2) is 4.79 Å². The molecular formula is C21H25NO6P+. The molecule has 0 aromatic heterocycles. The summed E-state index contributed by atoms with van der Waals surface area (Å²) in [5.41, 5.74) is 1.82. The summed E-state index contributed by atoms with van der Waals surface area (Å²) < 4.78 is 22.8. The van der Waals surface area contributed by atoms with Gasteiger partial charge in [-0.15, -0.1) is 0 Å². The number of aliphatic hydroxyl groups is 1.